The van der Waals surface area contributed by atoms with Gasteiger partial charge in [-0.3, -0.25) is 20.2 Å². The fourth-order valence-electron chi connectivity index (χ4n) is 2.06. The number of hydrogen-bond donors (Lipinski definition) is 1. The largest absolute Gasteiger partial charge is 0.396 e. The summed E-state index contributed by atoms with van der Waals surface area (Å²) in [5.74, 6) is 0. The first-order valence-corrected chi connectivity index (χ1v) is 9.20. The third kappa shape index (κ3) is 6.87. The van der Waals surface area contributed by atoms with Gasteiger partial charge in [-0.2, -0.15) is 0 Å². The highest BCUT2D eigenvalue weighted by molar-refractivity contribution is 9.09. The molecule has 0 heterocycles. The smallest absolute Gasteiger partial charge is 0.274 e. The average molecular weight is 466 g/mol. The molecule has 0 atom stereocenters. The van der Waals surface area contributed by atoms with Gasteiger partial charge in [0.2, 0.25) is 0 Å². The Morgan fingerprint density at radius 2 is 1.31 bits per heavy atom. The van der Waals surface area contributed by atoms with Crippen LogP contribution in [0.1, 0.15) is 11.1 Å². The average Bonchev–Trinajstić information content (AvgIpc) is 2.58. The van der Waals surface area contributed by atoms with Gasteiger partial charge in [0, 0.05) is 51.7 Å². The van der Waals surface area contributed by atoms with E-state index >= 15 is 0 Å². The molecule has 0 radical (unpaired) electrons. The summed E-state index contributed by atoms with van der Waals surface area (Å²) >= 11 is 14.5. The van der Waals surface area contributed by atoms with Gasteiger partial charge in [-0.15, -0.1) is 0 Å². The summed E-state index contributed by atoms with van der Waals surface area (Å²) in [5, 5.41) is 31.2. The minimum Gasteiger partial charge on any atom is -0.396 e. The van der Waals surface area contributed by atoms with Gasteiger partial charge in [0.1, 0.15) is 0 Å². The molecule has 2 rings (SSSR count). The number of nitro benzene ring substituents is 2. The predicted octanol–water partition coefficient (Wildman–Crippen LogP) is 4.97. The molecule has 0 aliphatic heterocycles. The second-order valence-electron chi connectivity index (χ2n) is 4.97. The van der Waals surface area contributed by atoms with Gasteiger partial charge in [-0.25, -0.2) is 0 Å². The number of rotatable bonds is 6. The van der Waals surface area contributed by atoms with Crippen LogP contribution in [0.4, 0.5) is 11.4 Å². The van der Waals surface area contributed by atoms with Crippen molar-refractivity contribution in [2.24, 2.45) is 0 Å². The number of benzene rings is 2. The summed E-state index contributed by atoms with van der Waals surface area (Å²) in [4.78, 5) is 20.2. The Balaban J connectivity index is 0.000000260. The second kappa shape index (κ2) is 11.1. The van der Waals surface area contributed by atoms with E-state index in [1.54, 1.807) is 24.3 Å². The van der Waals surface area contributed by atoms with E-state index in [-0.39, 0.29) is 24.4 Å². The Bertz CT molecular complexity index is 724. The molecule has 0 aliphatic rings. The number of nitrogens with zero attached hydrogens (tertiary/aromatic N) is 2. The molecule has 0 aromatic heterocycles. The second-order valence-corrected chi connectivity index (χ2v) is 6.64. The number of aliphatic hydroxyl groups excluding tert-OH is 1. The molecule has 0 unspecified atom stereocenters. The molecular weight excluding hydrogens is 451 g/mol. The van der Waals surface area contributed by atoms with E-state index in [4.69, 9.17) is 28.3 Å². The Kier molecular flexibility index (Phi) is 9.50. The van der Waals surface area contributed by atoms with Crippen LogP contribution in [0.25, 0.3) is 0 Å². The summed E-state index contributed by atoms with van der Waals surface area (Å²) in [6.45, 7) is -0.109. The number of hydrogen-bond acceptors (Lipinski definition) is 5. The van der Waals surface area contributed by atoms with Crippen molar-refractivity contribution in [1.29, 1.82) is 0 Å². The van der Waals surface area contributed by atoms with Gasteiger partial charge in [0.25, 0.3) is 11.4 Å². The van der Waals surface area contributed by atoms with Crippen LogP contribution in [-0.4, -0.2) is 26.9 Å². The lowest BCUT2D eigenvalue weighted by molar-refractivity contribution is -0.385. The first kappa shape index (κ1) is 22.3. The zero-order valence-corrected chi connectivity index (χ0v) is 16.5. The fourth-order valence-corrected chi connectivity index (χ4v) is 2.82. The Morgan fingerprint density at radius 3 is 1.65 bits per heavy atom. The van der Waals surface area contributed by atoms with E-state index in [0.29, 0.717) is 32.9 Å². The number of aryl methyl sites for hydroxylation is 1. The van der Waals surface area contributed by atoms with Gasteiger partial charge < -0.3 is 5.11 Å². The molecule has 2 aromatic rings. The van der Waals surface area contributed by atoms with E-state index in [9.17, 15) is 20.2 Å². The van der Waals surface area contributed by atoms with Crippen LogP contribution in [0, 0.1) is 20.2 Å². The monoisotopic (exact) mass is 464 g/mol. The zero-order chi connectivity index (χ0) is 19.7. The summed E-state index contributed by atoms with van der Waals surface area (Å²) in [6, 6.07) is 9.12. The normalized spacial score (nSPS) is 10.0. The topological polar surface area (TPSA) is 107 Å². The third-order valence-corrected chi connectivity index (χ3v) is 4.10. The van der Waals surface area contributed by atoms with E-state index in [0.717, 1.165) is 0 Å². The molecule has 0 amide bonds. The SMILES string of the molecule is O=[N+]([O-])c1cc(Cl)ccc1CCBr.O=[N+]([O-])c1cc(Cl)ccc1CCO. The summed E-state index contributed by atoms with van der Waals surface area (Å²) in [6.07, 6.45) is 0.904. The van der Waals surface area contributed by atoms with Crippen molar-refractivity contribution < 1.29 is 15.0 Å². The molecule has 0 spiro atoms. The maximum atomic E-state index is 10.6. The highest BCUT2D eigenvalue weighted by atomic mass is 79.9. The molecule has 10 heteroatoms. The van der Waals surface area contributed by atoms with Crippen LogP contribution in [0.15, 0.2) is 36.4 Å². The van der Waals surface area contributed by atoms with Gasteiger partial charge in [0.15, 0.2) is 0 Å². The van der Waals surface area contributed by atoms with Crippen molar-refractivity contribution in [1.82, 2.24) is 0 Å². The maximum Gasteiger partial charge on any atom is 0.274 e. The molecular formula is C16H15BrCl2N2O5. The van der Waals surface area contributed by atoms with Crippen molar-refractivity contribution in [2.75, 3.05) is 11.9 Å². The van der Waals surface area contributed by atoms with Crippen LogP contribution in [0.5, 0.6) is 0 Å². The van der Waals surface area contributed by atoms with Crippen molar-refractivity contribution >= 4 is 50.5 Å². The molecule has 7 nitrogen and oxygen atoms in total. The van der Waals surface area contributed by atoms with Crippen molar-refractivity contribution in [2.45, 2.75) is 12.8 Å². The first-order chi connectivity index (χ1) is 12.3. The lowest BCUT2D eigenvalue weighted by Crippen LogP contribution is -1.97. The minimum atomic E-state index is -0.503. The highest BCUT2D eigenvalue weighted by Gasteiger charge is 2.13. The molecule has 26 heavy (non-hydrogen) atoms. The molecule has 0 saturated heterocycles. The maximum absolute atomic E-state index is 10.6. The number of alkyl halides is 1. The predicted molar refractivity (Wildman–Crippen MR) is 105 cm³/mol. The quantitative estimate of drug-likeness (QED) is 0.368. The van der Waals surface area contributed by atoms with Crippen LogP contribution in [-0.2, 0) is 12.8 Å². The summed E-state index contributed by atoms with van der Waals surface area (Å²) in [7, 11) is 0. The Morgan fingerprint density at radius 1 is 0.885 bits per heavy atom. The lowest BCUT2D eigenvalue weighted by Gasteiger charge is -2.00. The van der Waals surface area contributed by atoms with Gasteiger partial charge in [-0.05, 0) is 18.6 Å². The Labute approximate surface area is 168 Å². The van der Waals surface area contributed by atoms with Crippen molar-refractivity contribution in [3.05, 3.63) is 77.8 Å². The lowest BCUT2D eigenvalue weighted by atomic mass is 10.1. The number of nitro groups is 2. The van der Waals surface area contributed by atoms with Crippen LogP contribution >= 0.6 is 39.1 Å². The molecule has 140 valence electrons. The van der Waals surface area contributed by atoms with E-state index in [2.05, 4.69) is 15.9 Å². The Hall–Kier alpha value is -1.74. The van der Waals surface area contributed by atoms with Gasteiger partial charge >= 0.3 is 0 Å². The van der Waals surface area contributed by atoms with Crippen LogP contribution in [0.3, 0.4) is 0 Å². The fraction of sp³-hybridized carbons (Fsp3) is 0.250. The molecule has 0 aliphatic carbocycles. The van der Waals surface area contributed by atoms with Gasteiger partial charge in [0.05, 0.1) is 9.85 Å². The van der Waals surface area contributed by atoms with E-state index < -0.39 is 9.85 Å². The molecule has 0 saturated carbocycles. The summed E-state index contributed by atoms with van der Waals surface area (Å²) in [5.41, 5.74) is 1.25. The van der Waals surface area contributed by atoms with E-state index in [1.807, 2.05) is 0 Å². The molecule has 2 aromatic carbocycles. The minimum absolute atomic E-state index is 0.0402. The van der Waals surface area contributed by atoms with Gasteiger partial charge in [-0.1, -0.05) is 51.3 Å². The molecule has 0 bridgehead atoms. The first-order valence-electron chi connectivity index (χ1n) is 7.32. The molecule has 1 N–H and O–H groups in total. The molecule has 0 fully saturated rings. The van der Waals surface area contributed by atoms with Crippen molar-refractivity contribution in [3.8, 4) is 0 Å². The van der Waals surface area contributed by atoms with Crippen LogP contribution < -0.4 is 0 Å². The number of aliphatic hydroxyl groups is 1. The van der Waals surface area contributed by atoms with Crippen molar-refractivity contribution in [3.63, 3.8) is 0 Å². The van der Waals surface area contributed by atoms with E-state index in [1.165, 1.54) is 12.1 Å². The third-order valence-electron chi connectivity index (χ3n) is 3.23. The standard InChI is InChI=1S/C8H7BrClNO2.C8H8ClNO3/c9-4-3-6-1-2-7(10)5-8(6)11(12)13;9-7-2-1-6(3-4-11)8(5-7)10(12)13/h1-2,5H,3-4H2;1-2,5,11H,3-4H2. The summed E-state index contributed by atoms with van der Waals surface area (Å²) < 4.78 is 0. The highest BCUT2D eigenvalue weighted by Crippen LogP contribution is 2.24. The van der Waals surface area contributed by atoms with Crippen LogP contribution in [0.2, 0.25) is 10.0 Å². The zero-order valence-electron chi connectivity index (χ0n) is 13.4. The number of halogens is 3.